The molecule has 5 nitrogen and oxygen atoms in total. The van der Waals surface area contributed by atoms with Crippen molar-refractivity contribution >= 4 is 16.8 Å². The van der Waals surface area contributed by atoms with E-state index in [0.29, 0.717) is 17.0 Å². The van der Waals surface area contributed by atoms with Crippen LogP contribution in [-0.2, 0) is 11.3 Å². The maximum Gasteiger partial charge on any atom is 0.471 e. The fraction of sp³-hybridized carbons (Fsp3) is 0.231. The van der Waals surface area contributed by atoms with Crippen LogP contribution in [0.25, 0.3) is 16.6 Å². The van der Waals surface area contributed by atoms with Crippen molar-refractivity contribution in [3.63, 3.8) is 0 Å². The van der Waals surface area contributed by atoms with Crippen molar-refractivity contribution in [2.45, 2.75) is 38.7 Å². The Hall–Kier alpha value is -3.88. The molecular formula is C26H21F4N3O2. The first-order valence-corrected chi connectivity index (χ1v) is 11.0. The van der Waals surface area contributed by atoms with Crippen molar-refractivity contribution in [2.24, 2.45) is 0 Å². The SMILES string of the molecule is Cc1ccc2c(c1)[C@@H](Oc1ccc3c(cnn3-c3ccc(F)cc3)c1)[C@H](C)N(C(=O)C(F)(F)F)C2. The lowest BCUT2D eigenvalue weighted by Gasteiger charge is -2.40. The molecule has 1 amide bonds. The molecule has 180 valence electrons. The minimum Gasteiger partial charge on any atom is -0.484 e. The van der Waals surface area contributed by atoms with Gasteiger partial charge in [-0.05, 0) is 67.4 Å². The number of hydrogen-bond donors (Lipinski definition) is 0. The summed E-state index contributed by atoms with van der Waals surface area (Å²) < 4.78 is 61.0. The highest BCUT2D eigenvalue weighted by molar-refractivity contribution is 5.83. The number of carbonyl (C=O) groups is 1. The highest BCUT2D eigenvalue weighted by Gasteiger charge is 2.47. The molecule has 0 fully saturated rings. The summed E-state index contributed by atoms with van der Waals surface area (Å²) in [4.78, 5) is 13.0. The fourth-order valence-electron chi connectivity index (χ4n) is 4.47. The number of carbonyl (C=O) groups excluding carboxylic acids is 1. The zero-order valence-corrected chi connectivity index (χ0v) is 18.9. The molecule has 0 saturated carbocycles. The molecule has 0 aliphatic carbocycles. The van der Waals surface area contributed by atoms with E-state index in [9.17, 15) is 22.4 Å². The summed E-state index contributed by atoms with van der Waals surface area (Å²) in [5.74, 6) is -1.81. The maximum atomic E-state index is 13.3. The number of ether oxygens (including phenoxy) is 1. The Labute approximate surface area is 198 Å². The van der Waals surface area contributed by atoms with E-state index < -0.39 is 24.2 Å². The van der Waals surface area contributed by atoms with Gasteiger partial charge >= 0.3 is 12.1 Å². The number of rotatable bonds is 3. The van der Waals surface area contributed by atoms with Crippen molar-refractivity contribution in [1.29, 1.82) is 0 Å². The molecule has 5 rings (SSSR count). The molecule has 1 aliphatic rings. The normalized spacial score (nSPS) is 17.9. The second kappa shape index (κ2) is 8.41. The lowest BCUT2D eigenvalue weighted by Crippen LogP contribution is -2.51. The molecule has 1 aliphatic heterocycles. The van der Waals surface area contributed by atoms with Gasteiger partial charge in [0, 0.05) is 11.9 Å². The van der Waals surface area contributed by atoms with Gasteiger partial charge in [-0.1, -0.05) is 23.8 Å². The van der Waals surface area contributed by atoms with Gasteiger partial charge < -0.3 is 9.64 Å². The topological polar surface area (TPSA) is 47.4 Å². The molecule has 9 heteroatoms. The van der Waals surface area contributed by atoms with Crippen LogP contribution in [-0.4, -0.2) is 32.8 Å². The third-order valence-electron chi connectivity index (χ3n) is 6.26. The number of halogens is 4. The van der Waals surface area contributed by atoms with E-state index in [1.54, 1.807) is 60.3 Å². The van der Waals surface area contributed by atoms with Crippen molar-refractivity contribution in [1.82, 2.24) is 14.7 Å². The van der Waals surface area contributed by atoms with E-state index in [1.807, 2.05) is 13.0 Å². The molecule has 0 radical (unpaired) electrons. The quantitative estimate of drug-likeness (QED) is 0.342. The van der Waals surface area contributed by atoms with Crippen LogP contribution in [0.1, 0.15) is 29.7 Å². The Morgan fingerprint density at radius 2 is 1.80 bits per heavy atom. The summed E-state index contributed by atoms with van der Waals surface area (Å²) in [5.41, 5.74) is 3.75. The van der Waals surface area contributed by atoms with Gasteiger partial charge in [-0.2, -0.15) is 18.3 Å². The molecule has 1 aromatic heterocycles. The molecule has 3 aromatic carbocycles. The minimum absolute atomic E-state index is 0.140. The smallest absolute Gasteiger partial charge is 0.471 e. The summed E-state index contributed by atoms with van der Waals surface area (Å²) in [5, 5.41) is 5.11. The van der Waals surface area contributed by atoms with Gasteiger partial charge in [0.1, 0.15) is 17.7 Å². The lowest BCUT2D eigenvalue weighted by atomic mass is 9.90. The van der Waals surface area contributed by atoms with Crippen LogP contribution in [0.4, 0.5) is 17.6 Å². The highest BCUT2D eigenvalue weighted by atomic mass is 19.4. The molecule has 4 aromatic rings. The maximum absolute atomic E-state index is 13.3. The van der Waals surface area contributed by atoms with Gasteiger partial charge in [0.15, 0.2) is 0 Å². The van der Waals surface area contributed by atoms with E-state index in [4.69, 9.17) is 4.74 Å². The standard InChI is InChI=1S/C26H21F4N3O2/c1-15-3-4-17-14-32(25(34)26(28,29)30)16(2)24(22(17)11-15)35-21-9-10-23-18(12-21)13-31-33(23)20-7-5-19(27)6-8-20/h3-13,16,24H,14H2,1-2H3/t16-,24-/m0/s1. The Balaban J connectivity index is 1.50. The molecule has 0 spiro atoms. The molecular weight excluding hydrogens is 462 g/mol. The number of aromatic nitrogens is 2. The van der Waals surface area contributed by atoms with Gasteiger partial charge in [-0.3, -0.25) is 4.79 Å². The number of alkyl halides is 3. The number of fused-ring (bicyclic) bond motifs is 2. The summed E-state index contributed by atoms with van der Waals surface area (Å²) in [7, 11) is 0. The zero-order valence-electron chi connectivity index (χ0n) is 18.9. The van der Waals surface area contributed by atoms with Crippen LogP contribution in [0.5, 0.6) is 5.75 Å². The monoisotopic (exact) mass is 483 g/mol. The summed E-state index contributed by atoms with van der Waals surface area (Å²) in [6.07, 6.45) is -4.14. The average Bonchev–Trinajstić information content (AvgIpc) is 3.23. The minimum atomic E-state index is -4.98. The van der Waals surface area contributed by atoms with E-state index in [2.05, 4.69) is 5.10 Å². The fourth-order valence-corrected chi connectivity index (χ4v) is 4.47. The van der Waals surface area contributed by atoms with Gasteiger partial charge in [-0.25, -0.2) is 9.07 Å². The van der Waals surface area contributed by atoms with E-state index >= 15 is 0 Å². The van der Waals surface area contributed by atoms with Crippen molar-refractivity contribution in [2.75, 3.05) is 0 Å². The van der Waals surface area contributed by atoms with Crippen LogP contribution < -0.4 is 4.74 Å². The van der Waals surface area contributed by atoms with Crippen molar-refractivity contribution in [3.8, 4) is 11.4 Å². The Morgan fingerprint density at radius 1 is 1.06 bits per heavy atom. The van der Waals surface area contributed by atoms with Crippen molar-refractivity contribution in [3.05, 3.63) is 89.4 Å². The largest absolute Gasteiger partial charge is 0.484 e. The van der Waals surface area contributed by atoms with Gasteiger partial charge in [0.05, 0.1) is 23.4 Å². The molecule has 0 saturated heterocycles. The van der Waals surface area contributed by atoms with Crippen LogP contribution in [0.3, 0.4) is 0 Å². The number of amides is 1. The van der Waals surface area contributed by atoms with Crippen LogP contribution in [0.2, 0.25) is 0 Å². The first kappa shape index (κ1) is 22.9. The van der Waals surface area contributed by atoms with Gasteiger partial charge in [-0.15, -0.1) is 0 Å². The first-order chi connectivity index (χ1) is 16.6. The Kier molecular flexibility index (Phi) is 5.50. The Morgan fingerprint density at radius 3 is 2.51 bits per heavy atom. The van der Waals surface area contributed by atoms with Gasteiger partial charge in [0.25, 0.3) is 0 Å². The second-order valence-corrected chi connectivity index (χ2v) is 8.67. The summed E-state index contributed by atoms with van der Waals surface area (Å²) >= 11 is 0. The summed E-state index contributed by atoms with van der Waals surface area (Å²) in [6.45, 7) is 3.31. The molecule has 0 N–H and O–H groups in total. The van der Waals surface area contributed by atoms with Gasteiger partial charge in [0.2, 0.25) is 0 Å². The third kappa shape index (κ3) is 4.22. The van der Waals surface area contributed by atoms with Crippen molar-refractivity contribution < 1.29 is 27.1 Å². The lowest BCUT2D eigenvalue weighted by molar-refractivity contribution is -0.190. The molecule has 2 atom stereocenters. The van der Waals surface area contributed by atoms with Crippen LogP contribution in [0.15, 0.2) is 66.9 Å². The predicted molar refractivity (Wildman–Crippen MR) is 122 cm³/mol. The molecule has 0 bridgehead atoms. The zero-order chi connectivity index (χ0) is 24.9. The second-order valence-electron chi connectivity index (χ2n) is 8.67. The highest BCUT2D eigenvalue weighted by Crippen LogP contribution is 2.38. The number of hydrogen-bond acceptors (Lipinski definition) is 3. The third-order valence-corrected chi connectivity index (χ3v) is 6.26. The van der Waals surface area contributed by atoms with Crippen LogP contribution in [0, 0.1) is 12.7 Å². The number of nitrogens with zero attached hydrogens (tertiary/aromatic N) is 3. The predicted octanol–water partition coefficient (Wildman–Crippen LogP) is 5.89. The molecule has 35 heavy (non-hydrogen) atoms. The van der Waals surface area contributed by atoms with E-state index in [1.165, 1.54) is 12.1 Å². The average molecular weight is 483 g/mol. The molecule has 0 unspecified atom stereocenters. The van der Waals surface area contributed by atoms with E-state index in [-0.39, 0.29) is 12.4 Å². The number of aryl methyl sites for hydroxylation is 1. The van der Waals surface area contributed by atoms with E-state index in [0.717, 1.165) is 26.9 Å². The Bertz CT molecular complexity index is 1410. The summed E-state index contributed by atoms with van der Waals surface area (Å²) in [6, 6.07) is 15.7. The first-order valence-electron chi connectivity index (χ1n) is 11.0. The number of benzene rings is 3. The molecule has 2 heterocycles. The van der Waals surface area contributed by atoms with Crippen LogP contribution >= 0.6 is 0 Å².